The highest BCUT2D eigenvalue weighted by molar-refractivity contribution is 7.99. The van der Waals surface area contributed by atoms with Crippen LogP contribution in [0.2, 0.25) is 0 Å². The minimum Gasteiger partial charge on any atom is -0.469 e. The van der Waals surface area contributed by atoms with Crippen molar-refractivity contribution in [2.24, 2.45) is 23.7 Å². The number of aliphatic hydroxyl groups excluding tert-OH is 1. The number of ketones is 2. The number of thioether (sulfide) groups is 1. The molecule has 74 heavy (non-hydrogen) atoms. The van der Waals surface area contributed by atoms with E-state index in [1.807, 2.05) is 0 Å². The molecule has 24 heteroatoms. The number of ether oxygens (including phenoxy) is 1. The van der Waals surface area contributed by atoms with Gasteiger partial charge in [0.2, 0.25) is 41.4 Å². The fraction of sp³-hybridized carbons (Fsp3) is 0.560. The van der Waals surface area contributed by atoms with Crippen LogP contribution in [0.5, 0.6) is 0 Å². The van der Waals surface area contributed by atoms with Crippen molar-refractivity contribution >= 4 is 99.1 Å². The van der Waals surface area contributed by atoms with E-state index in [0.29, 0.717) is 40.0 Å². The van der Waals surface area contributed by atoms with Gasteiger partial charge in [0.25, 0.3) is 11.8 Å². The lowest BCUT2D eigenvalue weighted by atomic mass is 9.86. The van der Waals surface area contributed by atoms with Crippen LogP contribution in [0.3, 0.4) is 0 Å². The summed E-state index contributed by atoms with van der Waals surface area (Å²) in [5.74, 6) is -12.1. The lowest BCUT2D eigenvalue weighted by molar-refractivity contribution is -0.149. The van der Waals surface area contributed by atoms with Gasteiger partial charge in [-0.15, -0.1) is 11.8 Å². The van der Waals surface area contributed by atoms with Gasteiger partial charge in [-0.05, 0) is 48.4 Å². The summed E-state index contributed by atoms with van der Waals surface area (Å²) in [6.45, 7) is 5.42. The van der Waals surface area contributed by atoms with Crippen LogP contribution in [0.4, 0.5) is 5.69 Å². The molecule has 2 bridgehead atoms. The number of carbonyl (C=O) groups excluding carboxylic acids is 12. The zero-order chi connectivity index (χ0) is 54.0. The summed E-state index contributed by atoms with van der Waals surface area (Å²) in [4.78, 5) is 169. The van der Waals surface area contributed by atoms with E-state index in [4.69, 9.17) is 4.74 Å². The number of methoxy groups -OCH3 is 1. The van der Waals surface area contributed by atoms with Gasteiger partial charge in [-0.1, -0.05) is 40.5 Å². The molecule has 1 aromatic carbocycles. The number of benzene rings is 1. The molecule has 0 radical (unpaired) electrons. The molecule has 1 aromatic heterocycles. The summed E-state index contributed by atoms with van der Waals surface area (Å²) in [6.07, 6.45) is -0.206. The number of amides is 9. The Morgan fingerprint density at radius 3 is 2.16 bits per heavy atom. The standard InChI is InChI=1S/C50H65N9O14S/c1-6-25(3)44-37(62)16-27-15-32-31-19-29(53-38(63)9-8-14-58-41(66)12-13-42(58)67)10-11-33(31)55-49(32)74-24-34(54-39(64)21-52-48(71)45(26(4)7-2)56-40(65)22-51-46(27)69)36(61)17-28(18-43(68)73-5)50(72)59-23-30(60)20-35(59)47(70)57-44/h10-13,19,25-28,30,34-35,44-45,55,60H,6-9,14-18,20-24H2,1-5H3,(H,51,69)(H,52,71)(H,53,63)(H,54,64)(H,56,65)(H,57,70)/t25-,26-,27+,28-,30+,34-,35-,44-,45-/m0/s1. The minimum atomic E-state index is -1.45. The molecular weight excluding hydrogens is 983 g/mol. The molecule has 2 aromatic rings. The third-order valence-electron chi connectivity index (χ3n) is 14.0. The average molecular weight is 1050 g/mol. The second-order valence-electron chi connectivity index (χ2n) is 19.3. The maximum Gasteiger partial charge on any atom is 0.306 e. The highest BCUT2D eigenvalue weighted by atomic mass is 32.2. The number of hydrogen-bond donors (Lipinski definition) is 8. The molecule has 6 rings (SSSR count). The Bertz CT molecular complexity index is 2580. The van der Waals surface area contributed by atoms with Crippen molar-refractivity contribution < 1.29 is 67.4 Å². The van der Waals surface area contributed by atoms with Crippen LogP contribution in [0.25, 0.3) is 10.9 Å². The Kier molecular flexibility index (Phi) is 19.3. The largest absolute Gasteiger partial charge is 0.469 e. The number of H-pyrrole nitrogens is 1. The smallest absolute Gasteiger partial charge is 0.306 e. The van der Waals surface area contributed by atoms with Crippen LogP contribution in [-0.4, -0.2) is 160 Å². The topological polar surface area (TPSA) is 329 Å². The number of nitrogens with one attached hydrogen (secondary N) is 7. The van der Waals surface area contributed by atoms with Gasteiger partial charge in [0, 0.05) is 79.2 Å². The molecule has 8 N–H and O–H groups in total. The molecule has 0 spiro atoms. The second-order valence-corrected chi connectivity index (χ2v) is 20.3. The maximum absolute atomic E-state index is 14.8. The number of esters is 1. The number of Topliss-reactive ketones (excluding diaryl/α,β-unsaturated/α-hetero) is 2. The molecular formula is C50H65N9O14S. The molecule has 4 aliphatic rings. The summed E-state index contributed by atoms with van der Waals surface area (Å²) in [5, 5.41) is 27.7. The predicted molar refractivity (Wildman–Crippen MR) is 266 cm³/mol. The quantitative estimate of drug-likeness (QED) is 0.108. The van der Waals surface area contributed by atoms with E-state index < -0.39 is 157 Å². The van der Waals surface area contributed by atoms with E-state index in [2.05, 4.69) is 36.9 Å². The Labute approximate surface area is 431 Å². The van der Waals surface area contributed by atoms with Gasteiger partial charge in [-0.2, -0.15) is 0 Å². The molecule has 5 heterocycles. The lowest BCUT2D eigenvalue weighted by Crippen LogP contribution is -2.55. The zero-order valence-electron chi connectivity index (χ0n) is 42.0. The number of anilines is 1. The molecule has 0 unspecified atom stereocenters. The number of aromatic amines is 1. The summed E-state index contributed by atoms with van der Waals surface area (Å²) in [7, 11) is 1.09. The number of rotatable bonds is 11. The maximum atomic E-state index is 14.8. The predicted octanol–water partition coefficient (Wildman–Crippen LogP) is -0.0719. The normalized spacial score (nSPS) is 25.8. The highest BCUT2D eigenvalue weighted by Crippen LogP contribution is 2.36. The fourth-order valence-electron chi connectivity index (χ4n) is 9.40. The first-order valence-corrected chi connectivity index (χ1v) is 25.9. The first kappa shape index (κ1) is 56.3. The Morgan fingerprint density at radius 1 is 0.824 bits per heavy atom. The fourth-order valence-corrected chi connectivity index (χ4v) is 10.6. The molecule has 9 amide bonds. The number of aromatic nitrogens is 1. The Morgan fingerprint density at radius 2 is 1.49 bits per heavy atom. The molecule has 1 fully saturated rings. The number of imide groups is 1. The van der Waals surface area contributed by atoms with Crippen molar-refractivity contribution in [3.63, 3.8) is 0 Å². The lowest BCUT2D eigenvalue weighted by Gasteiger charge is -2.31. The van der Waals surface area contributed by atoms with Crippen molar-refractivity contribution in [2.45, 2.75) is 121 Å². The molecule has 0 saturated carbocycles. The molecule has 1 saturated heterocycles. The molecule has 9 atom stereocenters. The van der Waals surface area contributed by atoms with Crippen LogP contribution in [0.1, 0.15) is 84.6 Å². The van der Waals surface area contributed by atoms with Crippen molar-refractivity contribution in [1.29, 1.82) is 0 Å². The Hall–Kier alpha value is -6.95. The Balaban J connectivity index is 1.47. The van der Waals surface area contributed by atoms with Gasteiger partial charge in [-0.25, -0.2) is 0 Å². The molecule has 23 nitrogen and oxygen atoms in total. The summed E-state index contributed by atoms with van der Waals surface area (Å²) < 4.78 is 4.90. The van der Waals surface area contributed by atoms with E-state index in [-0.39, 0.29) is 44.5 Å². The first-order valence-electron chi connectivity index (χ1n) is 24.9. The molecule has 0 aliphatic carbocycles. The van der Waals surface area contributed by atoms with E-state index in [9.17, 15) is 62.6 Å². The third-order valence-corrected chi connectivity index (χ3v) is 15.2. The number of carbonyl (C=O) groups is 12. The van der Waals surface area contributed by atoms with Crippen molar-refractivity contribution in [2.75, 3.05) is 44.4 Å². The highest BCUT2D eigenvalue weighted by Gasteiger charge is 2.44. The van der Waals surface area contributed by atoms with Gasteiger partial charge >= 0.3 is 5.97 Å². The van der Waals surface area contributed by atoms with Crippen molar-refractivity contribution in [1.82, 2.24) is 41.4 Å². The molecule has 400 valence electrons. The van der Waals surface area contributed by atoms with Crippen LogP contribution in [0, 0.1) is 23.7 Å². The number of hydrogen-bond acceptors (Lipinski definition) is 15. The number of nitrogens with zero attached hydrogens (tertiary/aromatic N) is 2. The summed E-state index contributed by atoms with van der Waals surface area (Å²) >= 11 is 1.05. The van der Waals surface area contributed by atoms with Crippen LogP contribution in [-0.2, 0) is 68.7 Å². The van der Waals surface area contributed by atoms with Gasteiger partial charge < -0.3 is 51.6 Å². The van der Waals surface area contributed by atoms with E-state index >= 15 is 0 Å². The van der Waals surface area contributed by atoms with Crippen LogP contribution >= 0.6 is 11.8 Å². The average Bonchev–Trinajstić information content (AvgIpc) is 4.04. The third kappa shape index (κ3) is 14.0. The summed E-state index contributed by atoms with van der Waals surface area (Å²) in [6, 6.07) is -0.255. The van der Waals surface area contributed by atoms with Crippen LogP contribution < -0.4 is 31.9 Å². The second kappa shape index (κ2) is 25.3. The van der Waals surface area contributed by atoms with Gasteiger partial charge in [0.15, 0.2) is 11.6 Å². The first-order chi connectivity index (χ1) is 35.2. The van der Waals surface area contributed by atoms with Crippen molar-refractivity contribution in [3.8, 4) is 0 Å². The van der Waals surface area contributed by atoms with Crippen LogP contribution in [0.15, 0.2) is 35.4 Å². The number of fused-ring (bicyclic) bond motifs is 5. The minimum absolute atomic E-state index is 0.0203. The van der Waals surface area contributed by atoms with Gasteiger partial charge in [-0.3, -0.25) is 62.4 Å². The van der Waals surface area contributed by atoms with E-state index in [1.165, 1.54) is 0 Å². The van der Waals surface area contributed by atoms with E-state index in [0.717, 1.165) is 40.8 Å². The summed E-state index contributed by atoms with van der Waals surface area (Å²) in [5.41, 5.74) is 1.24. The van der Waals surface area contributed by atoms with Gasteiger partial charge in [0.05, 0.1) is 55.8 Å². The monoisotopic (exact) mass is 1050 g/mol. The number of aliphatic hydroxyl groups is 1. The van der Waals surface area contributed by atoms with Gasteiger partial charge in [0.1, 0.15) is 12.1 Å². The zero-order valence-corrected chi connectivity index (χ0v) is 42.9. The van der Waals surface area contributed by atoms with E-state index in [1.54, 1.807) is 45.9 Å². The van der Waals surface area contributed by atoms with Crippen molar-refractivity contribution in [3.05, 3.63) is 35.9 Å². The molecule has 4 aliphatic heterocycles. The SMILES string of the molecule is CC[C@H](C)[C@@H]1NC(=O)[C@@H]2C[C@@H](O)CN2C(=O)[C@H](CC(=O)OC)CC(=O)[C@@H]2CSc3[nH]c4ccc(NC(=O)CCCN5C(=O)C=CC5=O)cc4c3C[C@H](CC1=O)C(=O)NCC(=O)N[C@@H]([C@@H](C)CC)C(=O)NCC(=O)N2.